The van der Waals surface area contributed by atoms with Gasteiger partial charge in [0.2, 0.25) is 0 Å². The van der Waals surface area contributed by atoms with Crippen LogP contribution in [-0.4, -0.2) is 18.2 Å². The Bertz CT molecular complexity index is 349. The van der Waals surface area contributed by atoms with E-state index in [1.54, 1.807) is 0 Å². The highest BCUT2D eigenvalue weighted by atomic mass is 16.6. The van der Waals surface area contributed by atoms with E-state index in [-0.39, 0.29) is 11.4 Å². The van der Waals surface area contributed by atoms with E-state index in [4.69, 9.17) is 10.1 Å². The van der Waals surface area contributed by atoms with E-state index in [0.717, 1.165) is 6.21 Å². The third-order valence-electron chi connectivity index (χ3n) is 1.57. The Morgan fingerprint density at radius 2 is 2.31 bits per heavy atom. The lowest BCUT2D eigenvalue weighted by Gasteiger charge is -2.01. The summed E-state index contributed by atoms with van der Waals surface area (Å²) >= 11 is 0. The Balaban J connectivity index is 3.23. The van der Waals surface area contributed by atoms with Crippen LogP contribution < -0.4 is 4.74 Å². The number of nitrogens with zero attached hydrogens (tertiary/aromatic N) is 1. The van der Waals surface area contributed by atoms with E-state index in [1.165, 1.54) is 25.3 Å². The normalized spacial score (nSPS) is 9.31. The van der Waals surface area contributed by atoms with Crippen molar-refractivity contribution in [1.29, 1.82) is 5.41 Å². The Hall–Kier alpha value is -1.91. The molecule has 13 heavy (non-hydrogen) atoms. The highest BCUT2D eigenvalue weighted by Crippen LogP contribution is 2.26. The van der Waals surface area contributed by atoms with Crippen LogP contribution in [0, 0.1) is 15.5 Å². The molecular formula is C8H8N2O3. The van der Waals surface area contributed by atoms with Crippen molar-refractivity contribution in [3.63, 3.8) is 0 Å². The second-order valence-corrected chi connectivity index (χ2v) is 2.33. The van der Waals surface area contributed by atoms with Crippen LogP contribution in [0.25, 0.3) is 0 Å². The summed E-state index contributed by atoms with van der Waals surface area (Å²) in [4.78, 5) is 9.93. The van der Waals surface area contributed by atoms with E-state index in [2.05, 4.69) is 0 Å². The molecule has 0 saturated heterocycles. The van der Waals surface area contributed by atoms with Gasteiger partial charge in [-0.15, -0.1) is 0 Å². The fraction of sp³-hybridized carbons (Fsp3) is 0.125. The lowest BCUT2D eigenvalue weighted by atomic mass is 10.2. The van der Waals surface area contributed by atoms with Crippen LogP contribution in [-0.2, 0) is 0 Å². The van der Waals surface area contributed by atoms with Crippen molar-refractivity contribution in [3.8, 4) is 5.75 Å². The van der Waals surface area contributed by atoms with Gasteiger partial charge in [-0.1, -0.05) is 0 Å². The van der Waals surface area contributed by atoms with Crippen molar-refractivity contribution in [2.75, 3.05) is 7.11 Å². The number of methoxy groups -OCH3 is 1. The van der Waals surface area contributed by atoms with Crippen molar-refractivity contribution >= 4 is 11.9 Å². The van der Waals surface area contributed by atoms with Crippen molar-refractivity contribution in [2.24, 2.45) is 0 Å². The van der Waals surface area contributed by atoms with Crippen molar-refractivity contribution < 1.29 is 9.66 Å². The standard InChI is InChI=1S/C8H8N2O3/c1-13-8-4-6(5-9)2-3-7(8)10(11)12/h2-5,9H,1H3. The van der Waals surface area contributed by atoms with Crippen LogP contribution in [0.1, 0.15) is 5.56 Å². The molecule has 0 radical (unpaired) electrons. The molecular weight excluding hydrogens is 172 g/mol. The maximum atomic E-state index is 10.4. The van der Waals surface area contributed by atoms with Gasteiger partial charge in [0, 0.05) is 12.3 Å². The molecule has 5 nitrogen and oxygen atoms in total. The zero-order chi connectivity index (χ0) is 9.84. The number of nitrogens with one attached hydrogen (secondary N) is 1. The van der Waals surface area contributed by atoms with Crippen LogP contribution in [0.3, 0.4) is 0 Å². The average Bonchev–Trinajstić information content (AvgIpc) is 2.16. The van der Waals surface area contributed by atoms with Gasteiger partial charge in [-0.25, -0.2) is 0 Å². The van der Waals surface area contributed by atoms with Gasteiger partial charge in [-0.3, -0.25) is 10.1 Å². The number of ether oxygens (including phenoxy) is 1. The fourth-order valence-corrected chi connectivity index (χ4v) is 0.935. The minimum absolute atomic E-state index is 0.0897. The van der Waals surface area contributed by atoms with Crippen LogP contribution in [0.4, 0.5) is 5.69 Å². The molecule has 68 valence electrons. The molecule has 0 amide bonds. The van der Waals surface area contributed by atoms with Gasteiger partial charge in [0.1, 0.15) is 0 Å². The third-order valence-corrected chi connectivity index (χ3v) is 1.57. The molecule has 0 atom stereocenters. The summed E-state index contributed by atoms with van der Waals surface area (Å²) in [5.41, 5.74) is 0.482. The van der Waals surface area contributed by atoms with Gasteiger partial charge in [0.15, 0.2) is 5.75 Å². The summed E-state index contributed by atoms with van der Waals surface area (Å²) in [5, 5.41) is 17.4. The van der Waals surface area contributed by atoms with Gasteiger partial charge in [0.05, 0.1) is 12.0 Å². The molecule has 0 unspecified atom stereocenters. The number of benzene rings is 1. The monoisotopic (exact) mass is 180 g/mol. The second-order valence-electron chi connectivity index (χ2n) is 2.33. The summed E-state index contributed by atoms with van der Waals surface area (Å²) < 4.78 is 4.80. The van der Waals surface area contributed by atoms with Crippen molar-refractivity contribution in [2.45, 2.75) is 0 Å². The molecule has 0 bridgehead atoms. The first-order valence-electron chi connectivity index (χ1n) is 3.52. The molecule has 0 aliphatic carbocycles. The highest BCUT2D eigenvalue weighted by molar-refractivity contribution is 5.78. The molecule has 0 aliphatic rings. The zero-order valence-corrected chi connectivity index (χ0v) is 6.98. The lowest BCUT2D eigenvalue weighted by molar-refractivity contribution is -0.385. The molecule has 5 heteroatoms. The van der Waals surface area contributed by atoms with E-state index in [0.29, 0.717) is 5.56 Å². The Kier molecular flexibility index (Phi) is 2.59. The van der Waals surface area contributed by atoms with Gasteiger partial charge in [-0.2, -0.15) is 0 Å². The summed E-state index contributed by atoms with van der Waals surface area (Å²) in [5.74, 6) is 0.172. The topological polar surface area (TPSA) is 76.2 Å². The van der Waals surface area contributed by atoms with Crippen molar-refractivity contribution in [3.05, 3.63) is 33.9 Å². The Morgan fingerprint density at radius 1 is 1.62 bits per heavy atom. The molecule has 1 aromatic carbocycles. The number of rotatable bonds is 3. The number of hydrogen-bond acceptors (Lipinski definition) is 4. The van der Waals surface area contributed by atoms with E-state index in [9.17, 15) is 10.1 Å². The molecule has 1 N–H and O–H groups in total. The molecule has 0 aliphatic heterocycles. The zero-order valence-electron chi connectivity index (χ0n) is 6.98. The molecule has 1 rings (SSSR count). The van der Waals surface area contributed by atoms with E-state index < -0.39 is 4.92 Å². The van der Waals surface area contributed by atoms with Crippen LogP contribution in [0.15, 0.2) is 18.2 Å². The second kappa shape index (κ2) is 3.66. The van der Waals surface area contributed by atoms with Crippen molar-refractivity contribution in [1.82, 2.24) is 0 Å². The van der Waals surface area contributed by atoms with Gasteiger partial charge >= 0.3 is 5.69 Å². The molecule has 0 fully saturated rings. The largest absolute Gasteiger partial charge is 0.490 e. The van der Waals surface area contributed by atoms with Gasteiger partial charge in [0.25, 0.3) is 0 Å². The SMILES string of the molecule is COc1cc(C=N)ccc1[N+](=O)[O-]. The molecule has 0 spiro atoms. The van der Waals surface area contributed by atoms with Crippen LogP contribution in [0.5, 0.6) is 5.75 Å². The number of hydrogen-bond donors (Lipinski definition) is 1. The summed E-state index contributed by atoms with van der Waals surface area (Å²) in [6.45, 7) is 0. The minimum Gasteiger partial charge on any atom is -0.490 e. The smallest absolute Gasteiger partial charge is 0.310 e. The molecule has 0 saturated carbocycles. The summed E-state index contributed by atoms with van der Waals surface area (Å²) in [7, 11) is 1.36. The predicted molar refractivity (Wildman–Crippen MR) is 47.5 cm³/mol. The van der Waals surface area contributed by atoms with E-state index >= 15 is 0 Å². The lowest BCUT2D eigenvalue weighted by Crippen LogP contribution is -1.94. The minimum atomic E-state index is -0.521. The fourth-order valence-electron chi connectivity index (χ4n) is 0.935. The first kappa shape index (κ1) is 9.18. The van der Waals surface area contributed by atoms with Gasteiger partial charge in [-0.05, 0) is 17.7 Å². The predicted octanol–water partition coefficient (Wildman–Crippen LogP) is 1.60. The maximum absolute atomic E-state index is 10.4. The molecule has 1 aromatic rings. The first-order valence-corrected chi connectivity index (χ1v) is 3.52. The Morgan fingerprint density at radius 3 is 2.77 bits per heavy atom. The van der Waals surface area contributed by atoms with E-state index in [1.807, 2.05) is 0 Å². The summed E-state index contributed by atoms with van der Waals surface area (Å²) in [6.07, 6.45) is 1.10. The summed E-state index contributed by atoms with van der Waals surface area (Å²) in [6, 6.07) is 4.26. The molecule has 0 aromatic heterocycles. The first-order chi connectivity index (χ1) is 6.19. The maximum Gasteiger partial charge on any atom is 0.310 e. The molecule has 0 heterocycles. The van der Waals surface area contributed by atoms with Crippen LogP contribution >= 0.6 is 0 Å². The van der Waals surface area contributed by atoms with Gasteiger partial charge < -0.3 is 10.1 Å². The average molecular weight is 180 g/mol. The third kappa shape index (κ3) is 1.81. The number of nitro benzene ring substituents is 1. The Labute approximate surface area is 74.6 Å². The number of nitro groups is 1. The van der Waals surface area contributed by atoms with Crippen LogP contribution in [0.2, 0.25) is 0 Å². The highest BCUT2D eigenvalue weighted by Gasteiger charge is 2.13. The quantitative estimate of drug-likeness (QED) is 0.436.